The topological polar surface area (TPSA) is 41.9 Å². The van der Waals surface area contributed by atoms with Gasteiger partial charge in [-0.2, -0.15) is 0 Å². The average molecular weight is 465 g/mol. The van der Waals surface area contributed by atoms with Gasteiger partial charge < -0.3 is 14.6 Å². The first kappa shape index (κ1) is 24.2. The molecule has 1 saturated heterocycles. The van der Waals surface area contributed by atoms with Crippen LogP contribution in [0.15, 0.2) is 30.3 Å². The lowest BCUT2D eigenvalue weighted by Crippen LogP contribution is -2.43. The smallest absolute Gasteiger partial charge is 0.142 e. The van der Waals surface area contributed by atoms with Crippen LogP contribution in [0.25, 0.3) is 0 Å². The van der Waals surface area contributed by atoms with Crippen molar-refractivity contribution in [3.8, 4) is 5.75 Å². The lowest BCUT2D eigenvalue weighted by molar-refractivity contribution is -0.0460. The summed E-state index contributed by atoms with van der Waals surface area (Å²) in [6, 6.07) is 8.57. The van der Waals surface area contributed by atoms with Crippen molar-refractivity contribution in [2.45, 2.75) is 26.1 Å². The Morgan fingerprint density at radius 3 is 2.79 bits per heavy atom. The Morgan fingerprint density at radius 1 is 1.28 bits per heavy atom. The highest BCUT2D eigenvalue weighted by atomic mass is 35.5. The van der Waals surface area contributed by atoms with E-state index >= 15 is 0 Å². The highest BCUT2D eigenvalue weighted by Crippen LogP contribution is 2.32. The molecule has 8 heteroatoms. The van der Waals surface area contributed by atoms with Crippen LogP contribution in [0, 0.1) is 19.7 Å². The lowest BCUT2D eigenvalue weighted by Gasteiger charge is -2.34. The summed E-state index contributed by atoms with van der Waals surface area (Å²) in [5, 5.41) is 10.8. The van der Waals surface area contributed by atoms with Gasteiger partial charge in [-0.1, -0.05) is 35.3 Å². The van der Waals surface area contributed by atoms with Gasteiger partial charge in [-0.3, -0.25) is 4.90 Å². The fourth-order valence-corrected chi connectivity index (χ4v) is 3.76. The maximum Gasteiger partial charge on any atom is 0.142 e. The Hall–Kier alpha value is -1.08. The average Bonchev–Trinajstić information content (AvgIpc) is 2.66. The van der Waals surface area contributed by atoms with E-state index in [1.807, 2.05) is 32.0 Å². The van der Waals surface area contributed by atoms with Crippen molar-refractivity contribution in [2.24, 2.45) is 0 Å². The Labute approximate surface area is 186 Å². The number of morpholine rings is 1. The predicted molar refractivity (Wildman–Crippen MR) is 116 cm³/mol. The van der Waals surface area contributed by atoms with Crippen LogP contribution >= 0.6 is 35.6 Å². The van der Waals surface area contributed by atoms with E-state index in [1.54, 1.807) is 0 Å². The molecule has 0 aliphatic carbocycles. The van der Waals surface area contributed by atoms with Crippen molar-refractivity contribution in [1.29, 1.82) is 0 Å². The molecule has 0 aromatic heterocycles. The summed E-state index contributed by atoms with van der Waals surface area (Å²) >= 11 is 12.0. The molecule has 2 atom stereocenters. The number of aliphatic hydroxyl groups excluding tert-OH is 1. The van der Waals surface area contributed by atoms with E-state index in [9.17, 15) is 9.50 Å². The molecule has 2 aromatic rings. The summed E-state index contributed by atoms with van der Waals surface area (Å²) in [5.41, 5.74) is 2.78. The molecule has 1 fully saturated rings. The van der Waals surface area contributed by atoms with Gasteiger partial charge in [0, 0.05) is 30.2 Å². The Bertz CT molecular complexity index is 837. The number of aryl methyl sites for hydroxylation is 1. The first-order valence-electron chi connectivity index (χ1n) is 9.20. The van der Waals surface area contributed by atoms with Crippen molar-refractivity contribution >= 4 is 35.6 Å². The molecule has 1 heterocycles. The van der Waals surface area contributed by atoms with E-state index in [1.165, 1.54) is 12.1 Å². The van der Waals surface area contributed by atoms with Crippen molar-refractivity contribution in [2.75, 3.05) is 32.8 Å². The van der Waals surface area contributed by atoms with Crippen LogP contribution in [-0.4, -0.2) is 49.0 Å². The highest BCUT2D eigenvalue weighted by molar-refractivity contribution is 6.35. The van der Waals surface area contributed by atoms with E-state index in [2.05, 4.69) is 4.90 Å². The van der Waals surface area contributed by atoms with E-state index in [0.717, 1.165) is 16.9 Å². The molecular weight excluding hydrogens is 440 g/mol. The van der Waals surface area contributed by atoms with Crippen molar-refractivity contribution < 1.29 is 19.0 Å². The van der Waals surface area contributed by atoms with Crippen LogP contribution in [0.5, 0.6) is 5.75 Å². The van der Waals surface area contributed by atoms with Crippen LogP contribution < -0.4 is 4.74 Å². The van der Waals surface area contributed by atoms with Gasteiger partial charge in [-0.25, -0.2) is 4.39 Å². The van der Waals surface area contributed by atoms with Gasteiger partial charge >= 0.3 is 0 Å². The minimum atomic E-state index is -0.656. The second-order valence-electron chi connectivity index (χ2n) is 7.07. The van der Waals surface area contributed by atoms with Crippen LogP contribution in [0.4, 0.5) is 4.39 Å². The summed E-state index contributed by atoms with van der Waals surface area (Å²) in [4.78, 5) is 2.06. The molecule has 3 rings (SSSR count). The number of benzene rings is 2. The number of halogens is 4. The van der Waals surface area contributed by atoms with Gasteiger partial charge in [0.15, 0.2) is 0 Å². The number of rotatable bonds is 6. The van der Waals surface area contributed by atoms with Crippen LogP contribution in [0.1, 0.15) is 22.8 Å². The number of aliphatic hydroxyl groups is 1. The molecule has 0 bridgehead atoms. The molecule has 1 aliphatic rings. The quantitative estimate of drug-likeness (QED) is 0.612. The maximum atomic E-state index is 13.8. The first-order chi connectivity index (χ1) is 13.3. The minimum absolute atomic E-state index is 0. The Kier molecular flexibility index (Phi) is 9.01. The summed E-state index contributed by atoms with van der Waals surface area (Å²) in [5.74, 6) is 0.256. The largest absolute Gasteiger partial charge is 0.491 e. The second-order valence-corrected chi connectivity index (χ2v) is 7.88. The molecule has 160 valence electrons. The number of hydrogen-bond acceptors (Lipinski definition) is 4. The molecule has 2 aromatic carbocycles. The Morgan fingerprint density at radius 2 is 2.03 bits per heavy atom. The summed E-state index contributed by atoms with van der Waals surface area (Å²) in [6.07, 6.45) is -1.03. The van der Waals surface area contributed by atoms with E-state index < -0.39 is 11.9 Å². The SMILES string of the molecule is Cc1cccc(OCC(O)CN2CCOC(c3cc(F)c(Cl)cc3Cl)C2)c1C.Cl. The lowest BCUT2D eigenvalue weighted by atomic mass is 10.1. The molecule has 0 radical (unpaired) electrons. The molecule has 0 saturated carbocycles. The molecule has 29 heavy (non-hydrogen) atoms. The zero-order chi connectivity index (χ0) is 20.3. The summed E-state index contributed by atoms with van der Waals surface area (Å²) < 4.78 is 25.4. The molecular formula is C21H25Cl3FNO3. The van der Waals surface area contributed by atoms with Gasteiger partial charge in [-0.05, 0) is 43.2 Å². The molecule has 0 amide bonds. The van der Waals surface area contributed by atoms with Gasteiger partial charge in [0.1, 0.15) is 24.3 Å². The summed E-state index contributed by atoms with van der Waals surface area (Å²) in [7, 11) is 0. The number of hydrogen-bond donors (Lipinski definition) is 1. The zero-order valence-electron chi connectivity index (χ0n) is 16.3. The van der Waals surface area contributed by atoms with E-state index in [0.29, 0.717) is 36.8 Å². The number of β-amino-alcohol motifs (C(OH)–C–C–N with tert-alkyl or cyclic N) is 1. The van der Waals surface area contributed by atoms with Crippen LogP contribution in [0.2, 0.25) is 10.0 Å². The summed E-state index contributed by atoms with van der Waals surface area (Å²) in [6.45, 7) is 6.29. The molecule has 1 N–H and O–H groups in total. The van der Waals surface area contributed by atoms with Crippen LogP contribution in [0.3, 0.4) is 0 Å². The normalized spacial score (nSPS) is 18.2. The second kappa shape index (κ2) is 10.8. The minimum Gasteiger partial charge on any atom is -0.491 e. The Balaban J connectivity index is 0.00000300. The van der Waals surface area contributed by atoms with Crippen LogP contribution in [-0.2, 0) is 4.74 Å². The van der Waals surface area contributed by atoms with Crippen molar-refractivity contribution in [3.05, 3.63) is 62.9 Å². The third-order valence-electron chi connectivity index (χ3n) is 4.99. The van der Waals surface area contributed by atoms with Gasteiger partial charge in [0.2, 0.25) is 0 Å². The molecule has 2 unspecified atom stereocenters. The fraction of sp³-hybridized carbons (Fsp3) is 0.429. The van der Waals surface area contributed by atoms with Crippen molar-refractivity contribution in [1.82, 2.24) is 4.90 Å². The van der Waals surface area contributed by atoms with Gasteiger partial charge in [-0.15, -0.1) is 12.4 Å². The number of nitrogens with zero attached hydrogens (tertiary/aromatic N) is 1. The molecule has 1 aliphatic heterocycles. The maximum absolute atomic E-state index is 13.8. The number of ether oxygens (including phenoxy) is 2. The zero-order valence-corrected chi connectivity index (χ0v) is 18.7. The third-order valence-corrected chi connectivity index (χ3v) is 5.61. The molecule has 0 spiro atoms. The van der Waals surface area contributed by atoms with Gasteiger partial charge in [0.05, 0.1) is 17.7 Å². The third kappa shape index (κ3) is 6.20. The molecule has 4 nitrogen and oxygen atoms in total. The first-order valence-corrected chi connectivity index (χ1v) is 9.96. The van der Waals surface area contributed by atoms with E-state index in [4.69, 9.17) is 32.7 Å². The van der Waals surface area contributed by atoms with Gasteiger partial charge in [0.25, 0.3) is 0 Å². The van der Waals surface area contributed by atoms with Crippen molar-refractivity contribution in [3.63, 3.8) is 0 Å². The monoisotopic (exact) mass is 463 g/mol. The fourth-order valence-electron chi connectivity index (χ4n) is 3.26. The standard InChI is InChI=1S/C21H24Cl2FNO3.ClH/c1-13-4-3-5-20(14(13)2)28-12-15(26)10-25-6-7-27-21(11-25)16-8-19(24)18(23)9-17(16)22;/h3-5,8-9,15,21,26H,6-7,10-12H2,1-2H3;1H. The van der Waals surface area contributed by atoms with E-state index in [-0.39, 0.29) is 30.1 Å². The highest BCUT2D eigenvalue weighted by Gasteiger charge is 2.26. The predicted octanol–water partition coefficient (Wildman–Crippen LogP) is 4.98.